The molecule has 22 nitrogen and oxygen atoms in total. The Balaban J connectivity index is 1.05. The molecule has 8 rings (SSSR count). The van der Waals surface area contributed by atoms with Crippen LogP contribution in [0, 0.1) is 0 Å². The van der Waals surface area contributed by atoms with E-state index in [4.69, 9.17) is 39.0 Å². The zero-order chi connectivity index (χ0) is 41.3. The van der Waals surface area contributed by atoms with Crippen molar-refractivity contribution in [2.24, 2.45) is 0 Å². The Morgan fingerprint density at radius 2 is 1.07 bits per heavy atom. The van der Waals surface area contributed by atoms with Crippen LogP contribution in [0.15, 0.2) is 46.2 Å². The lowest BCUT2D eigenvalue weighted by molar-refractivity contribution is -0.432. The Hall–Kier alpha value is -5.02. The normalized spacial score (nSPS) is 18.0. The first-order valence-electron chi connectivity index (χ1n) is 19.5. The summed E-state index contributed by atoms with van der Waals surface area (Å²) in [5, 5.41) is 26.0. The molecular weight excluding hydrogens is 821 g/mol. The number of nitrogens with one attached hydrogen (secondary N) is 4. The minimum absolute atomic E-state index is 0.202. The maximum absolute atomic E-state index is 12.8. The van der Waals surface area contributed by atoms with Gasteiger partial charge in [-0.2, -0.15) is 38.3 Å². The maximum atomic E-state index is 12.8. The molecule has 4 saturated heterocycles. The summed E-state index contributed by atoms with van der Waals surface area (Å²) in [7, 11) is -4.70. The second kappa shape index (κ2) is 19.6. The standard InChI is InChI=1S/C36H46N14O8S2/c51-57-58-59-29-23-27(39-31-41-33(47-11-7-37-8-12-47)45-35(43-31)49-15-19-55-20-16-49)5-3-25(29)1-2-26-4-6-28(24-30(26)60(52,53)54)40-32-42-34(48-13-9-38-10-14-48)46-36(44-32)50-17-21-56-22-18-50/h1-6,23-24,37-38,51H,7-22H2,(H,52,53,54)(H,39,41,43,45)(H,40,42,44,46). The number of hydrogen-bond acceptors (Lipinski definition) is 22. The molecule has 0 aliphatic carbocycles. The lowest BCUT2D eigenvalue weighted by Gasteiger charge is -2.30. The second-order valence-corrected chi connectivity index (χ2v) is 16.1. The topological polar surface area (TPSA) is 250 Å². The molecule has 6 heterocycles. The summed E-state index contributed by atoms with van der Waals surface area (Å²) < 4.78 is 51.8. The third kappa shape index (κ3) is 10.6. The Labute approximate surface area is 350 Å². The molecule has 24 heteroatoms. The van der Waals surface area contributed by atoms with E-state index in [0.29, 0.717) is 117 Å². The van der Waals surface area contributed by atoms with Crippen LogP contribution >= 0.6 is 12.0 Å². The number of hydrogen-bond donors (Lipinski definition) is 6. The predicted octanol–water partition coefficient (Wildman–Crippen LogP) is 1.88. The van der Waals surface area contributed by atoms with Crippen molar-refractivity contribution in [1.82, 2.24) is 40.5 Å². The molecule has 4 aromatic rings. The first kappa shape index (κ1) is 41.7. The van der Waals surface area contributed by atoms with E-state index in [1.807, 2.05) is 4.90 Å². The van der Waals surface area contributed by atoms with Crippen LogP contribution in [0.1, 0.15) is 11.1 Å². The van der Waals surface area contributed by atoms with Gasteiger partial charge in [-0.15, -0.1) is 4.33 Å². The molecule has 320 valence electrons. The number of piperazine rings is 2. The minimum Gasteiger partial charge on any atom is -0.378 e. The van der Waals surface area contributed by atoms with Gasteiger partial charge in [0, 0.05) is 94.8 Å². The Kier molecular flexibility index (Phi) is 13.6. The van der Waals surface area contributed by atoms with Crippen molar-refractivity contribution in [3.8, 4) is 0 Å². The van der Waals surface area contributed by atoms with Crippen LogP contribution in [0.3, 0.4) is 0 Å². The van der Waals surface area contributed by atoms with Crippen molar-refractivity contribution in [2.45, 2.75) is 9.79 Å². The van der Waals surface area contributed by atoms with E-state index in [2.05, 4.69) is 51.0 Å². The fourth-order valence-electron chi connectivity index (χ4n) is 6.93. The number of morpholine rings is 2. The highest BCUT2D eigenvalue weighted by molar-refractivity contribution is 7.94. The van der Waals surface area contributed by atoms with Crippen LogP contribution in [-0.4, -0.2) is 153 Å². The number of ether oxygens (including phenoxy) is 2. The van der Waals surface area contributed by atoms with Gasteiger partial charge < -0.3 is 50.3 Å². The highest BCUT2D eigenvalue weighted by Crippen LogP contribution is 2.32. The predicted molar refractivity (Wildman–Crippen MR) is 225 cm³/mol. The van der Waals surface area contributed by atoms with Crippen LogP contribution in [0.2, 0.25) is 0 Å². The van der Waals surface area contributed by atoms with E-state index in [1.54, 1.807) is 42.5 Å². The van der Waals surface area contributed by atoms with E-state index in [-0.39, 0.29) is 16.4 Å². The third-order valence-corrected chi connectivity index (χ3v) is 11.6. The zero-order valence-corrected chi connectivity index (χ0v) is 34.2. The summed E-state index contributed by atoms with van der Waals surface area (Å²) in [5.74, 6) is 2.64. The first-order valence-corrected chi connectivity index (χ1v) is 21.7. The summed E-state index contributed by atoms with van der Waals surface area (Å²) in [5.41, 5.74) is 1.69. The van der Waals surface area contributed by atoms with Crippen LogP contribution in [0.25, 0.3) is 12.2 Å². The molecule has 2 aromatic carbocycles. The number of aromatic nitrogens is 6. The summed E-state index contributed by atoms with van der Waals surface area (Å²) >= 11 is 0.727. The van der Waals surface area contributed by atoms with Gasteiger partial charge in [-0.3, -0.25) is 4.55 Å². The van der Waals surface area contributed by atoms with Gasteiger partial charge in [0.1, 0.15) is 4.90 Å². The van der Waals surface area contributed by atoms with Gasteiger partial charge in [0.25, 0.3) is 10.1 Å². The quantitative estimate of drug-likeness (QED) is 0.0348. The maximum Gasteiger partial charge on any atom is 0.295 e. The molecule has 4 aliphatic rings. The fraction of sp³-hybridized carbons (Fsp3) is 0.444. The van der Waals surface area contributed by atoms with Gasteiger partial charge >= 0.3 is 0 Å². The smallest absolute Gasteiger partial charge is 0.295 e. The van der Waals surface area contributed by atoms with Crippen molar-refractivity contribution in [1.29, 1.82) is 0 Å². The van der Waals surface area contributed by atoms with Crippen molar-refractivity contribution in [2.75, 3.05) is 135 Å². The van der Waals surface area contributed by atoms with Gasteiger partial charge in [0.05, 0.1) is 38.5 Å². The van der Waals surface area contributed by atoms with Gasteiger partial charge in [0.2, 0.25) is 35.7 Å². The molecule has 0 bridgehead atoms. The minimum atomic E-state index is -4.70. The molecule has 2 aromatic heterocycles. The highest BCUT2D eigenvalue weighted by Gasteiger charge is 2.23. The Morgan fingerprint density at radius 1 is 0.633 bits per heavy atom. The van der Waals surface area contributed by atoms with Crippen LogP contribution in [0.4, 0.5) is 47.1 Å². The first-order chi connectivity index (χ1) is 29.3. The number of nitrogens with zero attached hydrogens (tertiary/aromatic N) is 10. The molecule has 4 fully saturated rings. The van der Waals surface area contributed by atoms with E-state index in [1.165, 1.54) is 6.07 Å². The Bertz CT molecular complexity index is 2160. The van der Waals surface area contributed by atoms with E-state index < -0.39 is 10.1 Å². The molecule has 0 unspecified atom stereocenters. The van der Waals surface area contributed by atoms with Crippen molar-refractivity contribution >= 4 is 81.4 Å². The fourth-order valence-corrected chi connectivity index (χ4v) is 8.15. The van der Waals surface area contributed by atoms with Crippen LogP contribution in [0.5, 0.6) is 0 Å². The van der Waals surface area contributed by atoms with Crippen molar-refractivity contribution in [3.05, 3.63) is 47.5 Å². The SMILES string of the molecule is O=S(=O)(O)c1cc(Nc2nc(N3CCNCC3)nc(N3CCOCC3)n2)ccc1C=Cc1ccc(Nc2nc(N3CCNCC3)nc(N3CCOCC3)n2)cc1SOOO. The molecule has 60 heavy (non-hydrogen) atoms. The lowest BCUT2D eigenvalue weighted by atomic mass is 10.1. The average molecular weight is 867 g/mol. The molecule has 0 radical (unpaired) electrons. The van der Waals surface area contributed by atoms with Gasteiger partial charge in [0.15, 0.2) is 0 Å². The van der Waals surface area contributed by atoms with E-state index in [9.17, 15) is 13.0 Å². The largest absolute Gasteiger partial charge is 0.378 e. The van der Waals surface area contributed by atoms with Crippen molar-refractivity contribution < 1.29 is 37.1 Å². The zero-order valence-electron chi connectivity index (χ0n) is 32.6. The summed E-state index contributed by atoms with van der Waals surface area (Å²) in [4.78, 5) is 36.7. The van der Waals surface area contributed by atoms with Crippen LogP contribution < -0.4 is 40.9 Å². The van der Waals surface area contributed by atoms with Gasteiger partial charge in [-0.25, -0.2) is 5.26 Å². The van der Waals surface area contributed by atoms with Crippen molar-refractivity contribution in [3.63, 3.8) is 0 Å². The number of rotatable bonds is 14. The molecule has 0 saturated carbocycles. The number of benzene rings is 2. The average Bonchev–Trinajstić information content (AvgIpc) is 3.29. The molecule has 0 amide bonds. The highest BCUT2D eigenvalue weighted by atomic mass is 32.2. The lowest BCUT2D eigenvalue weighted by Crippen LogP contribution is -2.44. The summed E-state index contributed by atoms with van der Waals surface area (Å²) in [6.45, 7) is 10.9. The van der Waals surface area contributed by atoms with E-state index >= 15 is 0 Å². The summed E-state index contributed by atoms with van der Waals surface area (Å²) in [6.07, 6.45) is 3.19. The molecular formula is C36H46N14O8S2. The molecule has 6 N–H and O–H groups in total. The summed E-state index contributed by atoms with van der Waals surface area (Å²) in [6, 6.07) is 9.82. The third-order valence-electron chi connectivity index (χ3n) is 10.0. The molecule has 0 atom stereocenters. The molecule has 0 spiro atoms. The van der Waals surface area contributed by atoms with Crippen LogP contribution in [-0.2, 0) is 29.0 Å². The molecule has 4 aliphatic heterocycles. The monoisotopic (exact) mass is 866 g/mol. The van der Waals surface area contributed by atoms with Gasteiger partial charge in [-0.05, 0) is 35.4 Å². The second-order valence-electron chi connectivity index (χ2n) is 14.0. The Morgan fingerprint density at radius 3 is 1.53 bits per heavy atom. The number of anilines is 8. The van der Waals surface area contributed by atoms with E-state index in [0.717, 1.165) is 51.3 Å². The van der Waals surface area contributed by atoms with Gasteiger partial charge in [-0.1, -0.05) is 29.3 Å².